The maximum atomic E-state index is 13.0. The number of thiophene rings is 1. The smallest absolute Gasteiger partial charge is 0.136 e. The lowest BCUT2D eigenvalue weighted by molar-refractivity contribution is 0.476. The molecule has 1 aromatic heterocycles. The molecule has 62 valence electrons. The van der Waals surface area contributed by atoms with Crippen LogP contribution < -0.4 is 0 Å². The van der Waals surface area contributed by atoms with E-state index in [1.165, 1.54) is 11.3 Å². The molecule has 0 radical (unpaired) electrons. The highest BCUT2D eigenvalue weighted by Crippen LogP contribution is 2.33. The van der Waals surface area contributed by atoms with Crippen LogP contribution in [0.3, 0.4) is 0 Å². The summed E-state index contributed by atoms with van der Waals surface area (Å²) in [7, 11) is 0. The molecule has 0 bridgehead atoms. The molecule has 1 N–H and O–H groups in total. The van der Waals surface area contributed by atoms with Crippen molar-refractivity contribution in [1.82, 2.24) is 0 Å². The first-order chi connectivity index (χ1) is 5.70. The van der Waals surface area contributed by atoms with Gasteiger partial charge in [-0.1, -0.05) is 0 Å². The molecule has 0 fully saturated rings. The van der Waals surface area contributed by atoms with Crippen molar-refractivity contribution >= 4 is 21.4 Å². The minimum absolute atomic E-state index is 0.0306. The number of benzene rings is 1. The van der Waals surface area contributed by atoms with Crippen LogP contribution in [0, 0.1) is 12.7 Å². The summed E-state index contributed by atoms with van der Waals surface area (Å²) in [6.45, 7) is 1.71. The summed E-state index contributed by atoms with van der Waals surface area (Å²) < 4.78 is 13.8. The summed E-state index contributed by atoms with van der Waals surface area (Å²) in [6.07, 6.45) is 0. The third-order valence-corrected chi connectivity index (χ3v) is 2.86. The van der Waals surface area contributed by atoms with E-state index >= 15 is 0 Å². The van der Waals surface area contributed by atoms with Crippen LogP contribution >= 0.6 is 11.3 Å². The Labute approximate surface area is 73.1 Å². The molecule has 0 aliphatic heterocycles. The van der Waals surface area contributed by atoms with Gasteiger partial charge in [-0.15, -0.1) is 11.3 Å². The zero-order valence-electron chi connectivity index (χ0n) is 6.47. The van der Waals surface area contributed by atoms with Crippen LogP contribution in [-0.2, 0) is 0 Å². The van der Waals surface area contributed by atoms with E-state index in [1.54, 1.807) is 6.92 Å². The van der Waals surface area contributed by atoms with E-state index in [-0.39, 0.29) is 11.6 Å². The molecule has 3 heteroatoms. The Balaban J connectivity index is 2.97. The number of hydrogen-bond acceptors (Lipinski definition) is 2. The van der Waals surface area contributed by atoms with Gasteiger partial charge in [0.05, 0.1) is 4.70 Å². The molecule has 1 aromatic carbocycles. The van der Waals surface area contributed by atoms with E-state index in [0.717, 1.165) is 16.2 Å². The third kappa shape index (κ3) is 0.898. The summed E-state index contributed by atoms with van der Waals surface area (Å²) >= 11 is 1.42. The van der Waals surface area contributed by atoms with Gasteiger partial charge in [-0.25, -0.2) is 4.39 Å². The van der Waals surface area contributed by atoms with Crippen molar-refractivity contribution < 1.29 is 9.50 Å². The summed E-state index contributed by atoms with van der Waals surface area (Å²) in [6, 6.07) is 2.98. The zero-order valence-corrected chi connectivity index (χ0v) is 7.28. The number of phenolic OH excluding ortho intramolecular Hbond substituents is 1. The molecule has 1 nitrogen and oxygen atoms in total. The van der Waals surface area contributed by atoms with Crippen molar-refractivity contribution in [2.75, 3.05) is 0 Å². The molecule has 0 aliphatic rings. The van der Waals surface area contributed by atoms with E-state index < -0.39 is 0 Å². The number of halogens is 1. The number of fused-ring (bicyclic) bond motifs is 1. The molecule has 0 saturated carbocycles. The van der Waals surface area contributed by atoms with Crippen molar-refractivity contribution in [3.8, 4) is 5.75 Å². The number of rotatable bonds is 0. The second-order valence-electron chi connectivity index (χ2n) is 2.67. The second kappa shape index (κ2) is 2.45. The number of phenols is 1. The van der Waals surface area contributed by atoms with Crippen molar-refractivity contribution in [3.63, 3.8) is 0 Å². The Kier molecular flexibility index (Phi) is 1.54. The molecule has 2 rings (SSSR count). The van der Waals surface area contributed by atoms with E-state index in [0.29, 0.717) is 5.56 Å². The highest BCUT2D eigenvalue weighted by Gasteiger charge is 2.08. The maximum absolute atomic E-state index is 13.0. The van der Waals surface area contributed by atoms with Gasteiger partial charge in [0.15, 0.2) is 0 Å². The first-order valence-corrected chi connectivity index (χ1v) is 4.43. The minimum atomic E-state index is -0.349. The fraction of sp³-hybridized carbons (Fsp3) is 0.111. The van der Waals surface area contributed by atoms with Crippen molar-refractivity contribution in [3.05, 3.63) is 28.9 Å². The topological polar surface area (TPSA) is 20.2 Å². The molecule has 0 atom stereocenters. The van der Waals surface area contributed by atoms with Gasteiger partial charge < -0.3 is 5.11 Å². The lowest BCUT2D eigenvalue weighted by Gasteiger charge is -1.99. The number of hydrogen-bond donors (Lipinski definition) is 1. The molecular weight excluding hydrogens is 175 g/mol. The largest absolute Gasteiger partial charge is 0.506 e. The molecule has 0 amide bonds. The fourth-order valence-corrected chi connectivity index (χ4v) is 2.09. The fourth-order valence-electron chi connectivity index (χ4n) is 1.23. The van der Waals surface area contributed by atoms with E-state index in [4.69, 9.17) is 0 Å². The van der Waals surface area contributed by atoms with Gasteiger partial charge in [0.2, 0.25) is 0 Å². The predicted molar refractivity (Wildman–Crippen MR) is 48.2 cm³/mol. The van der Waals surface area contributed by atoms with E-state index in [9.17, 15) is 9.50 Å². The summed E-state index contributed by atoms with van der Waals surface area (Å²) in [5.41, 5.74) is 0.601. The molecule has 2 aromatic rings. The SMILES string of the molecule is Cc1c(F)cc(O)c2sccc12. The average molecular weight is 182 g/mol. The maximum Gasteiger partial charge on any atom is 0.136 e. The van der Waals surface area contributed by atoms with Crippen LogP contribution in [0.25, 0.3) is 10.1 Å². The third-order valence-electron chi connectivity index (χ3n) is 1.92. The Morgan fingerprint density at radius 1 is 1.50 bits per heavy atom. The van der Waals surface area contributed by atoms with Gasteiger partial charge in [0.1, 0.15) is 11.6 Å². The molecule has 0 aliphatic carbocycles. The van der Waals surface area contributed by atoms with Crippen molar-refractivity contribution in [2.45, 2.75) is 6.92 Å². The normalized spacial score (nSPS) is 10.8. The van der Waals surface area contributed by atoms with Crippen LogP contribution in [0.1, 0.15) is 5.56 Å². The molecule has 0 spiro atoms. The Morgan fingerprint density at radius 2 is 2.25 bits per heavy atom. The van der Waals surface area contributed by atoms with Gasteiger partial charge in [-0.2, -0.15) is 0 Å². The van der Waals surface area contributed by atoms with Gasteiger partial charge in [0, 0.05) is 11.5 Å². The first-order valence-electron chi connectivity index (χ1n) is 3.55. The predicted octanol–water partition coefficient (Wildman–Crippen LogP) is 3.05. The Hall–Kier alpha value is -1.09. The molecule has 0 saturated heterocycles. The standard InChI is InChI=1S/C9H7FOS/c1-5-6-2-3-12-9(6)8(11)4-7(5)10/h2-4,11H,1H3. The Bertz CT molecular complexity index is 433. The van der Waals surface area contributed by atoms with Crippen LogP contribution in [0.5, 0.6) is 5.75 Å². The lowest BCUT2D eigenvalue weighted by atomic mass is 10.1. The lowest BCUT2D eigenvalue weighted by Crippen LogP contribution is -1.81. The van der Waals surface area contributed by atoms with Crippen molar-refractivity contribution in [1.29, 1.82) is 0 Å². The molecular formula is C9H7FOS. The zero-order chi connectivity index (χ0) is 8.72. The highest BCUT2D eigenvalue weighted by atomic mass is 32.1. The summed E-state index contributed by atoms with van der Waals surface area (Å²) in [5.74, 6) is -0.318. The number of aryl methyl sites for hydroxylation is 1. The van der Waals surface area contributed by atoms with Crippen LogP contribution in [0.2, 0.25) is 0 Å². The minimum Gasteiger partial charge on any atom is -0.506 e. The summed E-state index contributed by atoms with van der Waals surface area (Å²) in [5, 5.41) is 12.0. The van der Waals surface area contributed by atoms with Gasteiger partial charge in [-0.3, -0.25) is 0 Å². The van der Waals surface area contributed by atoms with Crippen LogP contribution in [0.15, 0.2) is 17.5 Å². The van der Waals surface area contributed by atoms with Gasteiger partial charge in [0.25, 0.3) is 0 Å². The second-order valence-corrected chi connectivity index (χ2v) is 3.58. The average Bonchev–Trinajstić information content (AvgIpc) is 2.48. The molecule has 12 heavy (non-hydrogen) atoms. The van der Waals surface area contributed by atoms with Gasteiger partial charge >= 0.3 is 0 Å². The van der Waals surface area contributed by atoms with Crippen molar-refractivity contribution in [2.24, 2.45) is 0 Å². The van der Waals surface area contributed by atoms with Crippen LogP contribution in [-0.4, -0.2) is 5.11 Å². The van der Waals surface area contributed by atoms with E-state index in [1.807, 2.05) is 11.4 Å². The Morgan fingerprint density at radius 3 is 3.00 bits per heavy atom. The monoisotopic (exact) mass is 182 g/mol. The highest BCUT2D eigenvalue weighted by molar-refractivity contribution is 7.17. The van der Waals surface area contributed by atoms with E-state index in [2.05, 4.69) is 0 Å². The molecule has 0 unspecified atom stereocenters. The quantitative estimate of drug-likeness (QED) is 0.663. The molecule has 1 heterocycles. The first kappa shape index (κ1) is 7.55. The van der Waals surface area contributed by atoms with Gasteiger partial charge in [-0.05, 0) is 23.9 Å². The van der Waals surface area contributed by atoms with Crippen LogP contribution in [0.4, 0.5) is 4.39 Å². The number of aromatic hydroxyl groups is 1. The summed E-state index contributed by atoms with van der Waals surface area (Å²) in [4.78, 5) is 0.